The van der Waals surface area contributed by atoms with Crippen LogP contribution in [0.15, 0.2) is 74.5 Å². The molecule has 0 fully saturated rings. The van der Waals surface area contributed by atoms with Crippen LogP contribution in [0.4, 0.5) is 4.39 Å². The number of para-hydroxylation sites is 1. The minimum atomic E-state index is -0.283. The lowest BCUT2D eigenvalue weighted by Gasteiger charge is -2.03. The first kappa shape index (κ1) is 24.2. The first-order valence-corrected chi connectivity index (χ1v) is 12.5. The highest BCUT2D eigenvalue weighted by Gasteiger charge is 2.15. The molecule has 0 radical (unpaired) electrons. The van der Waals surface area contributed by atoms with E-state index in [9.17, 15) is 4.39 Å². The predicted octanol–water partition coefficient (Wildman–Crippen LogP) is 5.74. The number of hydrogen-bond donors (Lipinski definition) is 0. The van der Waals surface area contributed by atoms with Crippen molar-refractivity contribution in [3.8, 4) is 11.5 Å². The van der Waals surface area contributed by atoms with Crippen molar-refractivity contribution in [3.05, 3.63) is 92.6 Å². The molecule has 0 atom stereocenters. The minimum Gasteiger partial charge on any atom is -0.454 e. The molecule has 0 amide bonds. The van der Waals surface area contributed by atoms with Gasteiger partial charge in [-0.25, -0.2) is 13.7 Å². The Hall–Kier alpha value is -3.53. The van der Waals surface area contributed by atoms with Crippen LogP contribution in [0.5, 0.6) is 0 Å². The molecule has 0 saturated heterocycles. The van der Waals surface area contributed by atoms with Crippen molar-refractivity contribution in [2.75, 3.05) is 20.3 Å². The zero-order valence-corrected chi connectivity index (χ0v) is 21.3. The number of thiazole rings is 1. The average Bonchev–Trinajstić information content (AvgIpc) is 3.55. The van der Waals surface area contributed by atoms with Gasteiger partial charge in [0.1, 0.15) is 22.2 Å². The summed E-state index contributed by atoms with van der Waals surface area (Å²) >= 11 is 8.14. The number of fused-ring (bicyclic) bond motifs is 1. The summed E-state index contributed by atoms with van der Waals surface area (Å²) in [5, 5.41) is 12.7. The molecule has 2 aromatic carbocycles. The molecule has 0 aliphatic carbocycles. The van der Waals surface area contributed by atoms with E-state index in [2.05, 4.69) is 10.1 Å². The number of ether oxygens (including phenoxy) is 1. The van der Waals surface area contributed by atoms with Gasteiger partial charge in [-0.15, -0.1) is 11.3 Å². The van der Waals surface area contributed by atoms with Crippen LogP contribution in [-0.4, -0.2) is 40.9 Å². The highest BCUT2D eigenvalue weighted by molar-refractivity contribution is 7.07. The lowest BCUT2D eigenvalue weighted by Crippen LogP contribution is -2.13. The van der Waals surface area contributed by atoms with Crippen molar-refractivity contribution in [2.45, 2.75) is 13.5 Å². The quantitative estimate of drug-likeness (QED) is 0.192. The summed E-state index contributed by atoms with van der Waals surface area (Å²) in [6, 6.07) is 16.1. The number of halogens is 2. The first-order valence-electron chi connectivity index (χ1n) is 11.2. The zero-order chi connectivity index (χ0) is 25.1. The summed E-state index contributed by atoms with van der Waals surface area (Å²) in [4.78, 5) is 5.34. The van der Waals surface area contributed by atoms with Gasteiger partial charge in [0, 0.05) is 17.9 Å². The van der Waals surface area contributed by atoms with Crippen molar-refractivity contribution in [1.82, 2.24) is 14.5 Å². The number of aromatic nitrogens is 3. The molecule has 3 heterocycles. The summed E-state index contributed by atoms with van der Waals surface area (Å²) in [6.45, 7) is 3.29. The van der Waals surface area contributed by atoms with Gasteiger partial charge in [0.2, 0.25) is 4.80 Å². The van der Waals surface area contributed by atoms with E-state index < -0.39 is 0 Å². The molecule has 7 nitrogen and oxygen atoms in total. The van der Waals surface area contributed by atoms with Gasteiger partial charge in [-0.2, -0.15) is 10.2 Å². The van der Waals surface area contributed by atoms with Gasteiger partial charge in [0.25, 0.3) is 0 Å². The molecular formula is C26H23ClFN5O2S. The van der Waals surface area contributed by atoms with Crippen LogP contribution in [0.25, 0.3) is 22.4 Å². The largest absolute Gasteiger partial charge is 0.454 e. The van der Waals surface area contributed by atoms with Gasteiger partial charge in [0.05, 0.1) is 37.2 Å². The zero-order valence-electron chi connectivity index (χ0n) is 19.7. The average molecular weight is 524 g/mol. The summed E-state index contributed by atoms with van der Waals surface area (Å²) < 4.78 is 27.9. The van der Waals surface area contributed by atoms with E-state index >= 15 is 0 Å². The number of rotatable bonds is 8. The highest BCUT2D eigenvalue weighted by Crippen LogP contribution is 2.28. The second-order valence-electron chi connectivity index (χ2n) is 8.06. The Morgan fingerprint density at radius 2 is 2.00 bits per heavy atom. The summed E-state index contributed by atoms with van der Waals surface area (Å²) in [5.41, 5.74) is 3.88. The molecule has 0 spiro atoms. The number of aryl methyl sites for hydroxylation is 1. The van der Waals surface area contributed by atoms with Gasteiger partial charge in [-0.1, -0.05) is 41.9 Å². The molecule has 0 saturated carbocycles. The third-order valence-electron chi connectivity index (χ3n) is 5.56. The third kappa shape index (κ3) is 5.04. The molecule has 0 bridgehead atoms. The van der Waals surface area contributed by atoms with Gasteiger partial charge in [0.15, 0.2) is 5.76 Å². The van der Waals surface area contributed by atoms with E-state index in [1.54, 1.807) is 34.8 Å². The second-order valence-corrected chi connectivity index (χ2v) is 9.25. The van der Waals surface area contributed by atoms with Gasteiger partial charge < -0.3 is 9.15 Å². The Morgan fingerprint density at radius 1 is 1.19 bits per heavy atom. The third-order valence-corrected chi connectivity index (χ3v) is 6.82. The Balaban J connectivity index is 1.52. The van der Waals surface area contributed by atoms with E-state index in [4.69, 9.17) is 25.9 Å². The van der Waals surface area contributed by atoms with E-state index in [0.29, 0.717) is 41.0 Å². The maximum atomic E-state index is 13.3. The molecule has 0 aliphatic heterocycles. The van der Waals surface area contributed by atoms with Crippen molar-refractivity contribution >= 4 is 40.1 Å². The second kappa shape index (κ2) is 10.6. The van der Waals surface area contributed by atoms with Gasteiger partial charge in [-0.3, -0.25) is 4.99 Å². The fourth-order valence-corrected chi connectivity index (χ4v) is 4.85. The van der Waals surface area contributed by atoms with E-state index in [1.807, 2.05) is 42.6 Å². The lowest BCUT2D eigenvalue weighted by atomic mass is 10.2. The molecule has 5 rings (SSSR count). The molecule has 0 aliphatic rings. The Labute approximate surface area is 215 Å². The highest BCUT2D eigenvalue weighted by atomic mass is 35.5. The monoisotopic (exact) mass is 523 g/mol. The maximum Gasteiger partial charge on any atom is 0.206 e. The molecule has 184 valence electrons. The molecule has 10 heteroatoms. The molecule has 3 aromatic heterocycles. The predicted molar refractivity (Wildman–Crippen MR) is 140 cm³/mol. The Morgan fingerprint density at radius 3 is 2.78 bits per heavy atom. The standard InChI is InChI=1S/C26H23ClFN5O2S/c1-17-21(25(27)32(31-17)15-18-7-9-20(28)10-8-18)14-30-33-22(16-36-26(33)29-11-12-34-2)24-13-19-5-3-4-6-23(19)35-24/h3-10,13-14,16H,11-12,15H2,1-2H3/b29-26?,30-14+. The van der Waals surface area contributed by atoms with Crippen LogP contribution in [-0.2, 0) is 11.3 Å². The van der Waals surface area contributed by atoms with Gasteiger partial charge in [-0.05, 0) is 36.8 Å². The van der Waals surface area contributed by atoms with Crippen molar-refractivity contribution in [1.29, 1.82) is 0 Å². The van der Waals surface area contributed by atoms with Crippen LogP contribution >= 0.6 is 22.9 Å². The number of benzene rings is 2. The Kier molecular flexibility index (Phi) is 7.13. The smallest absolute Gasteiger partial charge is 0.206 e. The Bertz CT molecular complexity index is 1560. The lowest BCUT2D eigenvalue weighted by molar-refractivity contribution is 0.207. The van der Waals surface area contributed by atoms with Crippen LogP contribution in [0.3, 0.4) is 0 Å². The molecule has 0 N–H and O–H groups in total. The topological polar surface area (TPSA) is 69.8 Å². The van der Waals surface area contributed by atoms with Crippen LogP contribution < -0.4 is 4.80 Å². The van der Waals surface area contributed by atoms with E-state index in [0.717, 1.165) is 27.9 Å². The van der Waals surface area contributed by atoms with Crippen LogP contribution in [0.1, 0.15) is 16.8 Å². The normalized spacial score (nSPS) is 12.4. The van der Waals surface area contributed by atoms with Crippen molar-refractivity contribution < 1.29 is 13.5 Å². The van der Waals surface area contributed by atoms with Crippen molar-refractivity contribution in [2.24, 2.45) is 10.1 Å². The summed E-state index contributed by atoms with van der Waals surface area (Å²) in [7, 11) is 1.64. The number of furan rings is 1. The van der Waals surface area contributed by atoms with Crippen LogP contribution in [0.2, 0.25) is 5.15 Å². The summed E-state index contributed by atoms with van der Waals surface area (Å²) in [5.74, 6) is 0.404. The van der Waals surface area contributed by atoms with E-state index in [1.165, 1.54) is 23.5 Å². The van der Waals surface area contributed by atoms with Crippen LogP contribution in [0, 0.1) is 12.7 Å². The number of nitrogens with zero attached hydrogens (tertiary/aromatic N) is 5. The summed E-state index contributed by atoms with van der Waals surface area (Å²) in [6.07, 6.45) is 1.68. The minimum absolute atomic E-state index is 0.283. The molecular weight excluding hydrogens is 501 g/mol. The fraction of sp³-hybridized carbons (Fsp3) is 0.192. The molecule has 0 unspecified atom stereocenters. The fourth-order valence-electron chi connectivity index (χ4n) is 3.73. The first-order chi connectivity index (χ1) is 17.5. The van der Waals surface area contributed by atoms with Gasteiger partial charge >= 0.3 is 0 Å². The number of methoxy groups -OCH3 is 1. The van der Waals surface area contributed by atoms with E-state index in [-0.39, 0.29) is 5.82 Å². The SMILES string of the molecule is COCCN=c1scc(-c2cc3ccccc3o2)n1/N=C/c1c(C)nn(Cc2ccc(F)cc2)c1Cl. The maximum absolute atomic E-state index is 13.3. The van der Waals surface area contributed by atoms with Crippen molar-refractivity contribution in [3.63, 3.8) is 0 Å². The number of hydrogen-bond acceptors (Lipinski definition) is 6. The molecule has 36 heavy (non-hydrogen) atoms. The molecule has 5 aromatic rings.